The van der Waals surface area contributed by atoms with Crippen LogP contribution in [0.15, 0.2) is 114 Å². The Balaban J connectivity index is 1.07. The second-order valence-electron chi connectivity index (χ2n) is 13.6. The predicted octanol–water partition coefficient (Wildman–Crippen LogP) is 5.30. The molecule has 0 bridgehead atoms. The number of ether oxygens (including phenoxy) is 3. The molecular weight excluding hydrogens is 739 g/mol. The maximum Gasteiger partial charge on any atom is 0.407 e. The van der Waals surface area contributed by atoms with Gasteiger partial charge in [-0.1, -0.05) is 97.1 Å². The summed E-state index contributed by atoms with van der Waals surface area (Å²) in [6.07, 6.45) is 3.27. The van der Waals surface area contributed by atoms with Crippen LogP contribution in [0, 0.1) is 0 Å². The molecule has 308 valence electrons. The Hall–Kier alpha value is -6.41. The molecule has 1 atom stereocenters. The number of hydrogen-bond donors (Lipinski definition) is 6. The van der Waals surface area contributed by atoms with Crippen molar-refractivity contribution in [2.24, 2.45) is 16.5 Å². The fraction of sp³-hybridized carbons (Fsp3) is 0.341. The summed E-state index contributed by atoms with van der Waals surface area (Å²) < 4.78 is 16.4. The average Bonchev–Trinajstić information content (AvgIpc) is 3.23. The molecule has 4 rings (SSSR count). The van der Waals surface area contributed by atoms with E-state index < -0.39 is 18.2 Å². The number of amides is 4. The molecule has 0 unspecified atom stereocenters. The number of benzene rings is 4. The fourth-order valence-electron chi connectivity index (χ4n) is 5.69. The second kappa shape index (κ2) is 25.7. The topological polar surface area (TPSA) is 208 Å². The Morgan fingerprint density at radius 3 is 1.62 bits per heavy atom. The summed E-state index contributed by atoms with van der Waals surface area (Å²) in [5.74, 6) is -0.602. The van der Waals surface area contributed by atoms with E-state index in [0.29, 0.717) is 57.6 Å². The number of nitrogens with one attached hydrogen (secondary N) is 4. The van der Waals surface area contributed by atoms with Crippen molar-refractivity contribution in [2.45, 2.75) is 70.8 Å². The van der Waals surface area contributed by atoms with Gasteiger partial charge in [-0.05, 0) is 78.5 Å². The number of hydrogen-bond acceptors (Lipinski definition) is 8. The molecule has 4 aromatic carbocycles. The third kappa shape index (κ3) is 18.5. The van der Waals surface area contributed by atoms with Crippen molar-refractivity contribution in [1.29, 1.82) is 0 Å². The lowest BCUT2D eigenvalue weighted by Crippen LogP contribution is -2.49. The summed E-state index contributed by atoms with van der Waals surface area (Å²) in [7, 11) is 0. The number of rotatable bonds is 24. The van der Waals surface area contributed by atoms with Crippen molar-refractivity contribution in [1.82, 2.24) is 21.3 Å². The minimum Gasteiger partial charge on any atom is -0.445 e. The molecule has 0 fully saturated rings. The van der Waals surface area contributed by atoms with E-state index in [1.807, 2.05) is 109 Å². The van der Waals surface area contributed by atoms with Gasteiger partial charge >= 0.3 is 12.2 Å². The number of alkyl carbamates (subject to hydrolysis) is 2. The van der Waals surface area contributed by atoms with Crippen LogP contribution in [0.1, 0.15) is 59.9 Å². The first-order chi connectivity index (χ1) is 28.2. The van der Waals surface area contributed by atoms with Crippen molar-refractivity contribution in [2.75, 3.05) is 26.2 Å². The number of nitrogens with two attached hydrogens (primary N) is 2. The molecule has 0 saturated heterocycles. The zero-order chi connectivity index (χ0) is 41.2. The molecule has 4 aromatic rings. The van der Waals surface area contributed by atoms with Crippen molar-refractivity contribution in [3.63, 3.8) is 0 Å². The highest BCUT2D eigenvalue weighted by atomic mass is 16.6. The van der Waals surface area contributed by atoms with Crippen LogP contribution in [0.2, 0.25) is 0 Å². The standard InChI is InChI=1S/C44H55N7O7/c45-42(46)50-38-24-22-33(23-25-38)15-9-17-40(52)51-39(32-56-29-35-11-3-1-4-12-35)41(53)47-26-7-8-27-48-43(54)58-31-37-20-18-34(19-21-37)16-10-28-49-44(55)57-30-36-13-5-2-6-14-36/h1-6,11-14,18-25,39H,7-10,15-17,26-32H2,(H,47,53)(H,48,54)(H,49,55)(H,51,52)(H4,45,46,50)/t39-/m0/s1. The van der Waals surface area contributed by atoms with E-state index in [0.717, 1.165) is 40.7 Å². The van der Waals surface area contributed by atoms with Crippen molar-refractivity contribution in [3.8, 4) is 0 Å². The highest BCUT2D eigenvalue weighted by Gasteiger charge is 2.21. The van der Waals surface area contributed by atoms with Gasteiger partial charge in [-0.25, -0.2) is 14.6 Å². The molecule has 0 aliphatic heterocycles. The lowest BCUT2D eigenvalue weighted by Gasteiger charge is -2.19. The zero-order valence-electron chi connectivity index (χ0n) is 32.8. The summed E-state index contributed by atoms with van der Waals surface area (Å²) in [5.41, 5.74) is 16.4. The smallest absolute Gasteiger partial charge is 0.407 e. The van der Waals surface area contributed by atoms with Gasteiger partial charge in [0.05, 0.1) is 18.9 Å². The Labute approximate surface area is 340 Å². The van der Waals surface area contributed by atoms with Gasteiger partial charge in [-0.3, -0.25) is 9.59 Å². The largest absolute Gasteiger partial charge is 0.445 e. The predicted molar refractivity (Wildman–Crippen MR) is 223 cm³/mol. The van der Waals surface area contributed by atoms with E-state index >= 15 is 0 Å². The molecule has 58 heavy (non-hydrogen) atoms. The van der Waals surface area contributed by atoms with E-state index in [2.05, 4.69) is 26.3 Å². The molecule has 4 amide bonds. The minimum atomic E-state index is -0.865. The van der Waals surface area contributed by atoms with E-state index in [-0.39, 0.29) is 44.0 Å². The van der Waals surface area contributed by atoms with Crippen LogP contribution in [0.3, 0.4) is 0 Å². The molecule has 0 heterocycles. The Kier molecular flexibility index (Phi) is 19.6. The molecule has 0 aromatic heterocycles. The van der Waals surface area contributed by atoms with Crippen molar-refractivity contribution >= 4 is 35.6 Å². The summed E-state index contributed by atoms with van der Waals surface area (Å²) in [5, 5.41) is 11.2. The minimum absolute atomic E-state index is 0.0130. The SMILES string of the molecule is NC(N)=Nc1ccc(CCCC(=O)N[C@@H](COCc2ccccc2)C(=O)NCCCCNC(=O)OCc2ccc(CCCNC(=O)OCc3ccccc3)cc2)cc1. The monoisotopic (exact) mass is 793 g/mol. The molecule has 0 aliphatic carbocycles. The number of carbonyl (C=O) groups is 4. The lowest BCUT2D eigenvalue weighted by atomic mass is 10.1. The Morgan fingerprint density at radius 1 is 0.552 bits per heavy atom. The molecule has 0 spiro atoms. The van der Waals surface area contributed by atoms with Crippen LogP contribution in [0.4, 0.5) is 15.3 Å². The van der Waals surface area contributed by atoms with Crippen LogP contribution in [0.5, 0.6) is 0 Å². The van der Waals surface area contributed by atoms with Gasteiger partial charge in [0.15, 0.2) is 5.96 Å². The number of unbranched alkanes of at least 4 members (excludes halogenated alkanes) is 1. The number of carbonyl (C=O) groups excluding carboxylic acids is 4. The van der Waals surface area contributed by atoms with Crippen LogP contribution < -0.4 is 32.7 Å². The maximum absolute atomic E-state index is 13.1. The van der Waals surface area contributed by atoms with Crippen molar-refractivity contribution < 1.29 is 33.4 Å². The molecule has 14 heteroatoms. The lowest BCUT2D eigenvalue weighted by molar-refractivity contribution is -0.130. The summed E-state index contributed by atoms with van der Waals surface area (Å²) in [6, 6.07) is 33.4. The summed E-state index contributed by atoms with van der Waals surface area (Å²) in [4.78, 5) is 54.2. The van der Waals surface area contributed by atoms with Crippen molar-refractivity contribution in [3.05, 3.63) is 137 Å². The molecule has 8 N–H and O–H groups in total. The average molecular weight is 794 g/mol. The van der Waals surface area contributed by atoms with Gasteiger partial charge < -0.3 is 46.9 Å². The Bertz CT molecular complexity index is 1860. The third-order valence-corrected chi connectivity index (χ3v) is 8.80. The van der Waals surface area contributed by atoms with Gasteiger partial charge in [-0.2, -0.15) is 0 Å². The normalized spacial score (nSPS) is 11.1. The highest BCUT2D eigenvalue weighted by Crippen LogP contribution is 2.14. The van der Waals surface area contributed by atoms with E-state index in [1.54, 1.807) is 0 Å². The molecular formula is C44H55N7O7. The molecule has 0 saturated carbocycles. The highest BCUT2D eigenvalue weighted by molar-refractivity contribution is 5.87. The van der Waals surface area contributed by atoms with E-state index in [4.69, 9.17) is 25.7 Å². The fourth-order valence-corrected chi connectivity index (χ4v) is 5.69. The number of aryl methyl sites for hydroxylation is 2. The van der Waals surface area contributed by atoms with Crippen LogP contribution in [-0.2, 0) is 56.5 Å². The number of guanidine groups is 1. The first kappa shape index (κ1) is 44.3. The van der Waals surface area contributed by atoms with Gasteiger partial charge in [0.25, 0.3) is 0 Å². The zero-order valence-corrected chi connectivity index (χ0v) is 32.8. The quantitative estimate of drug-likeness (QED) is 0.0309. The number of aliphatic imine (C=N–C) groups is 1. The summed E-state index contributed by atoms with van der Waals surface area (Å²) in [6.45, 7) is 1.91. The first-order valence-corrected chi connectivity index (χ1v) is 19.5. The molecule has 0 aliphatic rings. The van der Waals surface area contributed by atoms with Gasteiger partial charge in [-0.15, -0.1) is 0 Å². The van der Waals surface area contributed by atoms with E-state index in [9.17, 15) is 19.2 Å². The van der Waals surface area contributed by atoms with E-state index in [1.165, 1.54) is 0 Å². The summed E-state index contributed by atoms with van der Waals surface area (Å²) >= 11 is 0. The van der Waals surface area contributed by atoms with Gasteiger partial charge in [0.2, 0.25) is 11.8 Å². The third-order valence-electron chi connectivity index (χ3n) is 8.80. The maximum atomic E-state index is 13.1. The van der Waals surface area contributed by atoms with Gasteiger partial charge in [0, 0.05) is 26.1 Å². The number of nitrogens with zero attached hydrogens (tertiary/aromatic N) is 1. The molecule has 0 radical (unpaired) electrons. The van der Waals surface area contributed by atoms with Crippen LogP contribution in [0.25, 0.3) is 0 Å². The molecule has 14 nitrogen and oxygen atoms in total. The van der Waals surface area contributed by atoms with Crippen LogP contribution in [-0.4, -0.2) is 62.2 Å². The van der Waals surface area contributed by atoms with Gasteiger partial charge in [0.1, 0.15) is 19.3 Å². The van der Waals surface area contributed by atoms with Crippen LogP contribution >= 0.6 is 0 Å². The Morgan fingerprint density at radius 2 is 1.03 bits per heavy atom. The second-order valence-corrected chi connectivity index (χ2v) is 13.6. The first-order valence-electron chi connectivity index (χ1n) is 19.5.